The third-order valence-electron chi connectivity index (χ3n) is 10.6. The highest BCUT2D eigenvalue weighted by Crippen LogP contribution is 2.36. The van der Waals surface area contributed by atoms with Gasteiger partial charge in [0.1, 0.15) is 0 Å². The van der Waals surface area contributed by atoms with Crippen molar-refractivity contribution in [3.63, 3.8) is 0 Å². The Kier molecular flexibility index (Phi) is 7.09. The second kappa shape index (κ2) is 12.1. The van der Waals surface area contributed by atoms with Gasteiger partial charge < -0.3 is 4.57 Å². The van der Waals surface area contributed by atoms with Crippen LogP contribution in [0.2, 0.25) is 0 Å². The first-order valence-electron chi connectivity index (χ1n) is 17.5. The lowest BCUT2D eigenvalue weighted by atomic mass is 10.0. The molecule has 0 aliphatic carbocycles. The Bertz CT molecular complexity index is 2800. The van der Waals surface area contributed by atoms with Crippen molar-refractivity contribution in [3.8, 4) is 16.8 Å². The first-order chi connectivity index (χ1) is 25.3. The van der Waals surface area contributed by atoms with Gasteiger partial charge in [-0.2, -0.15) is 0 Å². The summed E-state index contributed by atoms with van der Waals surface area (Å²) in [5, 5.41) is 10.8. The Hall–Kier alpha value is -6.00. The predicted octanol–water partition coefficient (Wildman–Crippen LogP) is 10.2. The third-order valence-corrected chi connectivity index (χ3v) is 16.5. The van der Waals surface area contributed by atoms with E-state index >= 15 is 0 Å². The van der Waals surface area contributed by atoms with E-state index in [4.69, 9.17) is 0 Å². The largest absolute Gasteiger partial charge is 0.309 e. The van der Waals surface area contributed by atoms with Gasteiger partial charge in [0.2, 0.25) is 0 Å². The number of hydrogen-bond acceptors (Lipinski definition) is 1. The van der Waals surface area contributed by atoms with Crippen LogP contribution < -0.4 is 20.7 Å². The van der Waals surface area contributed by atoms with Crippen LogP contribution in [0.25, 0.3) is 58.8 Å². The lowest BCUT2D eigenvalue weighted by molar-refractivity contribution is 1.18. The molecule has 0 amide bonds. The molecule has 0 aliphatic rings. The maximum absolute atomic E-state index is 2.87. The molecule has 0 N–H and O–H groups in total. The maximum Gasteiger partial charge on any atom is 0.180 e. The molecule has 0 fully saturated rings. The summed E-state index contributed by atoms with van der Waals surface area (Å²) < 4.78 is 5.11. The number of para-hydroxylation sites is 2. The lowest BCUT2D eigenvalue weighted by Gasteiger charge is -2.35. The Morgan fingerprint density at radius 1 is 0.373 bits per heavy atom. The predicted molar refractivity (Wildman–Crippen MR) is 223 cm³/mol. The van der Waals surface area contributed by atoms with E-state index < -0.39 is 8.07 Å². The highest BCUT2D eigenvalue weighted by molar-refractivity contribution is 7.25. The topological polar surface area (TPSA) is 4.93 Å². The zero-order chi connectivity index (χ0) is 33.8. The van der Waals surface area contributed by atoms with Crippen LogP contribution in [-0.4, -0.2) is 12.6 Å². The lowest BCUT2D eigenvalue weighted by Crippen LogP contribution is -2.74. The van der Waals surface area contributed by atoms with Crippen LogP contribution in [0.3, 0.4) is 0 Å². The molecule has 0 aliphatic heterocycles. The molecule has 0 unspecified atom stereocenters. The minimum atomic E-state index is -2.87. The van der Waals surface area contributed by atoms with Crippen molar-refractivity contribution < 1.29 is 0 Å². The fraction of sp³-hybridized carbons (Fsp3) is 0. The molecule has 8 aromatic carbocycles. The van der Waals surface area contributed by atoms with Crippen LogP contribution in [0.15, 0.2) is 200 Å². The molecule has 2 aromatic heterocycles. The molecule has 0 radical (unpaired) electrons. The van der Waals surface area contributed by atoms with Gasteiger partial charge in [-0.3, -0.25) is 0 Å². The first-order valence-corrected chi connectivity index (χ1v) is 20.3. The highest BCUT2D eigenvalue weighted by atomic mass is 32.1. The molecule has 3 heteroatoms. The zero-order valence-electron chi connectivity index (χ0n) is 27.9. The van der Waals surface area contributed by atoms with Crippen LogP contribution in [0.4, 0.5) is 0 Å². The minimum Gasteiger partial charge on any atom is -0.309 e. The normalized spacial score (nSPS) is 11.9. The van der Waals surface area contributed by atoms with E-state index in [0.29, 0.717) is 0 Å². The summed E-state index contributed by atoms with van der Waals surface area (Å²) in [6, 6.07) is 74.5. The van der Waals surface area contributed by atoms with Crippen LogP contribution >= 0.6 is 11.3 Å². The van der Waals surface area contributed by atoms with E-state index in [0.717, 1.165) is 0 Å². The molecule has 0 spiro atoms. The quantitative estimate of drug-likeness (QED) is 0.121. The van der Waals surface area contributed by atoms with E-state index in [1.807, 2.05) is 11.3 Å². The summed E-state index contributed by atoms with van der Waals surface area (Å²) >= 11 is 1.88. The summed E-state index contributed by atoms with van der Waals surface area (Å²) in [6.45, 7) is 0. The Labute approximate surface area is 302 Å². The molecule has 1 nitrogen and oxygen atoms in total. The molecule has 0 atom stereocenters. The second-order valence-corrected chi connectivity index (χ2v) is 18.1. The van der Waals surface area contributed by atoms with Crippen molar-refractivity contribution in [1.29, 1.82) is 0 Å². The second-order valence-electron chi connectivity index (χ2n) is 13.3. The first kappa shape index (κ1) is 29.9. The fourth-order valence-corrected chi connectivity index (χ4v) is 14.5. The minimum absolute atomic E-state index is 1.17. The van der Waals surface area contributed by atoms with Gasteiger partial charge in [0.05, 0.1) is 11.0 Å². The van der Waals surface area contributed by atoms with Gasteiger partial charge in [-0.15, -0.1) is 11.3 Å². The van der Waals surface area contributed by atoms with E-state index in [1.54, 1.807) is 0 Å². The van der Waals surface area contributed by atoms with Crippen LogP contribution in [0, 0.1) is 0 Å². The molecule has 10 aromatic rings. The average Bonchev–Trinajstić information content (AvgIpc) is 3.75. The Balaban J connectivity index is 1.25. The number of nitrogens with zero attached hydrogens (tertiary/aromatic N) is 1. The van der Waals surface area contributed by atoms with E-state index in [9.17, 15) is 0 Å². The molecule has 0 saturated carbocycles. The molecular formula is C48H33NSSi. The van der Waals surface area contributed by atoms with Gasteiger partial charge in [0.25, 0.3) is 0 Å². The summed E-state index contributed by atoms with van der Waals surface area (Å²) in [5.74, 6) is 0. The number of fused-ring (bicyclic) bond motifs is 6. The fourth-order valence-electron chi connectivity index (χ4n) is 8.35. The Morgan fingerprint density at radius 3 is 1.65 bits per heavy atom. The standard InChI is InChI=1S/C48H33NSSi/c1-4-15-36(16-5-1)49-43-23-12-10-22-42(43)48-44(49)24-14-26-47(48)51(37-17-6-2-7-18-37,38-19-8-3-9-20-38)39-30-27-34(28-31-39)35-29-32-41-40-21-11-13-25-45(40)50-46(41)33-35/h1-33H. The summed E-state index contributed by atoms with van der Waals surface area (Å²) in [4.78, 5) is 0. The number of rotatable bonds is 6. The van der Waals surface area contributed by atoms with Crippen LogP contribution in [0.5, 0.6) is 0 Å². The number of hydrogen-bond donors (Lipinski definition) is 0. The number of thiophene rings is 1. The van der Waals surface area contributed by atoms with E-state index in [-0.39, 0.29) is 0 Å². The van der Waals surface area contributed by atoms with Gasteiger partial charge in [0, 0.05) is 36.6 Å². The highest BCUT2D eigenvalue weighted by Gasteiger charge is 2.43. The van der Waals surface area contributed by atoms with Crippen molar-refractivity contribution in [3.05, 3.63) is 200 Å². The zero-order valence-corrected chi connectivity index (χ0v) is 29.7. The molecule has 0 saturated heterocycles. The van der Waals surface area contributed by atoms with Gasteiger partial charge in [-0.25, -0.2) is 0 Å². The summed E-state index contributed by atoms with van der Waals surface area (Å²) in [6.07, 6.45) is 0. The monoisotopic (exact) mass is 683 g/mol. The van der Waals surface area contributed by atoms with Crippen molar-refractivity contribution in [2.24, 2.45) is 0 Å². The van der Waals surface area contributed by atoms with Crippen molar-refractivity contribution >= 4 is 82.1 Å². The Morgan fingerprint density at radius 2 is 0.922 bits per heavy atom. The van der Waals surface area contributed by atoms with Crippen molar-refractivity contribution in [1.82, 2.24) is 4.57 Å². The maximum atomic E-state index is 2.44. The van der Waals surface area contributed by atoms with Crippen LogP contribution in [-0.2, 0) is 0 Å². The van der Waals surface area contributed by atoms with Crippen molar-refractivity contribution in [2.45, 2.75) is 0 Å². The van der Waals surface area contributed by atoms with E-state index in [2.05, 4.69) is 205 Å². The van der Waals surface area contributed by atoms with Gasteiger partial charge in [-0.05, 0) is 68.3 Å². The van der Waals surface area contributed by atoms with Gasteiger partial charge in [0.15, 0.2) is 8.07 Å². The van der Waals surface area contributed by atoms with Crippen molar-refractivity contribution in [2.75, 3.05) is 0 Å². The van der Waals surface area contributed by atoms with Gasteiger partial charge in [-0.1, -0.05) is 164 Å². The molecule has 10 rings (SSSR count). The molecule has 51 heavy (non-hydrogen) atoms. The molecule has 240 valence electrons. The molecule has 0 bridgehead atoms. The average molecular weight is 684 g/mol. The smallest absolute Gasteiger partial charge is 0.180 e. The summed E-state index contributed by atoms with van der Waals surface area (Å²) in [5.41, 5.74) is 6.12. The molecule has 2 heterocycles. The number of aromatic nitrogens is 1. The van der Waals surface area contributed by atoms with Crippen LogP contribution in [0.1, 0.15) is 0 Å². The van der Waals surface area contributed by atoms with E-state index in [1.165, 1.54) is 79.5 Å². The van der Waals surface area contributed by atoms with Gasteiger partial charge >= 0.3 is 0 Å². The third kappa shape index (κ3) is 4.66. The summed E-state index contributed by atoms with van der Waals surface area (Å²) in [7, 11) is -2.87. The SMILES string of the molecule is c1ccc(-n2c3ccccc3c3c([Si](c4ccccc4)(c4ccccc4)c4ccc(-c5ccc6c(c5)sc5ccccc56)cc4)cccc32)cc1. The molecular weight excluding hydrogens is 651 g/mol. The number of benzene rings is 8.